The van der Waals surface area contributed by atoms with Crippen LogP contribution >= 0.6 is 0 Å². The molecule has 92 valence electrons. The largest absolute Gasteiger partial charge is 0.358 e. The first-order valence-electron chi connectivity index (χ1n) is 5.83. The number of nitrogens with zero attached hydrogens (tertiary/aromatic N) is 1. The van der Waals surface area contributed by atoms with Gasteiger partial charge in [-0.05, 0) is 12.8 Å². The molecule has 1 aliphatic heterocycles. The van der Waals surface area contributed by atoms with E-state index in [0.29, 0.717) is 18.1 Å². The zero-order chi connectivity index (χ0) is 12.3. The molecule has 0 spiro atoms. The molecule has 0 aromatic carbocycles. The van der Waals surface area contributed by atoms with Gasteiger partial charge < -0.3 is 15.6 Å². The molecule has 1 atom stereocenters. The number of carbonyl (C=O) groups is 1. The third-order valence-electron chi connectivity index (χ3n) is 2.73. The Labute approximate surface area is 98.8 Å². The standard InChI is InChI=1S/C11H16N4O2/c1-2-8-14-9(6-10(16)15-8)13-7-4-3-5-12-11(7)17/h6-7H,2-5H2,1H3,(H,12,17)(H2,13,14,15,16). The zero-order valence-corrected chi connectivity index (χ0v) is 9.75. The molecule has 2 rings (SSSR count). The van der Waals surface area contributed by atoms with Gasteiger partial charge in [-0.2, -0.15) is 0 Å². The van der Waals surface area contributed by atoms with Crippen LogP contribution in [0.15, 0.2) is 10.9 Å². The van der Waals surface area contributed by atoms with Gasteiger partial charge in [-0.25, -0.2) is 4.98 Å². The summed E-state index contributed by atoms with van der Waals surface area (Å²) in [6.07, 6.45) is 2.36. The van der Waals surface area contributed by atoms with Gasteiger partial charge >= 0.3 is 0 Å². The van der Waals surface area contributed by atoms with Crippen LogP contribution in [0, 0.1) is 0 Å². The Hall–Kier alpha value is -1.85. The van der Waals surface area contributed by atoms with Crippen LogP contribution in [-0.2, 0) is 11.2 Å². The summed E-state index contributed by atoms with van der Waals surface area (Å²) in [6.45, 7) is 2.63. The van der Waals surface area contributed by atoms with Crippen molar-refractivity contribution in [3.63, 3.8) is 0 Å². The lowest BCUT2D eigenvalue weighted by atomic mass is 10.1. The predicted octanol–water partition coefficient (Wildman–Crippen LogP) is 0.0228. The number of aryl methyl sites for hydroxylation is 1. The highest BCUT2D eigenvalue weighted by molar-refractivity contribution is 5.84. The highest BCUT2D eigenvalue weighted by atomic mass is 16.2. The molecule has 1 aromatic heterocycles. The van der Waals surface area contributed by atoms with Gasteiger partial charge in [0.2, 0.25) is 5.91 Å². The van der Waals surface area contributed by atoms with E-state index in [1.165, 1.54) is 6.07 Å². The molecule has 6 nitrogen and oxygen atoms in total. The van der Waals surface area contributed by atoms with Crippen LogP contribution in [0.5, 0.6) is 0 Å². The molecule has 0 aliphatic carbocycles. The molecule has 6 heteroatoms. The van der Waals surface area contributed by atoms with Gasteiger partial charge in [0, 0.05) is 19.0 Å². The van der Waals surface area contributed by atoms with E-state index < -0.39 is 0 Å². The molecular formula is C11H16N4O2. The summed E-state index contributed by atoms with van der Waals surface area (Å²) < 4.78 is 0. The molecule has 1 saturated heterocycles. The number of piperidine rings is 1. The Balaban J connectivity index is 2.14. The maximum atomic E-state index is 11.6. The number of hydrogen-bond acceptors (Lipinski definition) is 4. The average molecular weight is 236 g/mol. The minimum Gasteiger partial charge on any atom is -0.358 e. The molecule has 0 radical (unpaired) electrons. The molecule has 2 heterocycles. The molecule has 17 heavy (non-hydrogen) atoms. The number of aromatic amines is 1. The van der Waals surface area contributed by atoms with Crippen LogP contribution < -0.4 is 16.2 Å². The third-order valence-corrected chi connectivity index (χ3v) is 2.73. The Morgan fingerprint density at radius 1 is 1.53 bits per heavy atom. The summed E-state index contributed by atoms with van der Waals surface area (Å²) in [4.78, 5) is 29.8. The van der Waals surface area contributed by atoms with Crippen molar-refractivity contribution in [3.05, 3.63) is 22.2 Å². The van der Waals surface area contributed by atoms with E-state index in [1.807, 2.05) is 6.92 Å². The maximum Gasteiger partial charge on any atom is 0.252 e. The summed E-state index contributed by atoms with van der Waals surface area (Å²) in [5.74, 6) is 1.06. The van der Waals surface area contributed by atoms with Gasteiger partial charge in [0.25, 0.3) is 5.56 Å². The zero-order valence-electron chi connectivity index (χ0n) is 9.75. The van der Waals surface area contributed by atoms with Crippen molar-refractivity contribution in [1.29, 1.82) is 0 Å². The molecule has 1 unspecified atom stereocenters. The second-order valence-electron chi connectivity index (χ2n) is 4.06. The number of nitrogens with one attached hydrogen (secondary N) is 3. The smallest absolute Gasteiger partial charge is 0.252 e. The summed E-state index contributed by atoms with van der Waals surface area (Å²) in [5, 5.41) is 5.78. The van der Waals surface area contributed by atoms with Gasteiger partial charge in [0.1, 0.15) is 17.7 Å². The molecule has 1 aromatic rings. The number of carbonyl (C=O) groups excluding carboxylic acids is 1. The van der Waals surface area contributed by atoms with Crippen LogP contribution in [0.3, 0.4) is 0 Å². The topological polar surface area (TPSA) is 86.9 Å². The molecule has 1 amide bonds. The Bertz CT molecular complexity index is 469. The normalized spacial score (nSPS) is 19.8. The van der Waals surface area contributed by atoms with Gasteiger partial charge in [-0.1, -0.05) is 6.92 Å². The van der Waals surface area contributed by atoms with E-state index in [9.17, 15) is 9.59 Å². The van der Waals surface area contributed by atoms with Crippen molar-refractivity contribution in [2.75, 3.05) is 11.9 Å². The van der Waals surface area contributed by atoms with Crippen molar-refractivity contribution in [3.8, 4) is 0 Å². The second kappa shape index (κ2) is 4.99. The van der Waals surface area contributed by atoms with Crippen LogP contribution in [0.2, 0.25) is 0 Å². The lowest BCUT2D eigenvalue weighted by Gasteiger charge is -2.23. The summed E-state index contributed by atoms with van der Waals surface area (Å²) in [6, 6.07) is 1.09. The Morgan fingerprint density at radius 2 is 2.35 bits per heavy atom. The van der Waals surface area contributed by atoms with Crippen molar-refractivity contribution < 1.29 is 4.79 Å². The fourth-order valence-corrected chi connectivity index (χ4v) is 1.84. The molecule has 3 N–H and O–H groups in total. The van der Waals surface area contributed by atoms with Crippen molar-refractivity contribution >= 4 is 11.7 Å². The van der Waals surface area contributed by atoms with E-state index in [0.717, 1.165) is 19.4 Å². The monoisotopic (exact) mass is 236 g/mol. The van der Waals surface area contributed by atoms with E-state index in [4.69, 9.17) is 0 Å². The van der Waals surface area contributed by atoms with Gasteiger partial charge in [-0.15, -0.1) is 0 Å². The number of anilines is 1. The molecular weight excluding hydrogens is 220 g/mol. The SMILES string of the molecule is CCc1nc(NC2CCCNC2=O)cc(=O)[nH]1. The van der Waals surface area contributed by atoms with Crippen LogP contribution in [-0.4, -0.2) is 28.5 Å². The van der Waals surface area contributed by atoms with Gasteiger partial charge in [-0.3, -0.25) is 9.59 Å². The number of aromatic nitrogens is 2. The average Bonchev–Trinajstić information content (AvgIpc) is 2.31. The minimum absolute atomic E-state index is 0.0311. The minimum atomic E-state index is -0.289. The molecule has 1 fully saturated rings. The summed E-state index contributed by atoms with van der Waals surface area (Å²) in [7, 11) is 0. The first kappa shape index (κ1) is 11.6. The number of rotatable bonds is 3. The Kier molecular flexibility index (Phi) is 3.41. The number of amides is 1. The van der Waals surface area contributed by atoms with Crippen LogP contribution in [0.4, 0.5) is 5.82 Å². The summed E-state index contributed by atoms with van der Waals surface area (Å²) >= 11 is 0. The predicted molar refractivity (Wildman–Crippen MR) is 63.9 cm³/mol. The van der Waals surface area contributed by atoms with E-state index in [1.54, 1.807) is 0 Å². The summed E-state index contributed by atoms with van der Waals surface area (Å²) in [5.41, 5.74) is -0.199. The molecule has 0 saturated carbocycles. The van der Waals surface area contributed by atoms with Crippen molar-refractivity contribution in [1.82, 2.24) is 15.3 Å². The quantitative estimate of drug-likeness (QED) is 0.690. The molecule has 1 aliphatic rings. The third kappa shape index (κ3) is 2.83. The van der Waals surface area contributed by atoms with E-state index in [2.05, 4.69) is 20.6 Å². The fourth-order valence-electron chi connectivity index (χ4n) is 1.84. The van der Waals surface area contributed by atoms with E-state index >= 15 is 0 Å². The lowest BCUT2D eigenvalue weighted by molar-refractivity contribution is -0.123. The van der Waals surface area contributed by atoms with Crippen LogP contribution in [0.1, 0.15) is 25.6 Å². The van der Waals surface area contributed by atoms with E-state index in [-0.39, 0.29) is 17.5 Å². The van der Waals surface area contributed by atoms with Gasteiger partial charge in [0.15, 0.2) is 0 Å². The molecule has 0 bridgehead atoms. The first-order valence-corrected chi connectivity index (χ1v) is 5.83. The second-order valence-corrected chi connectivity index (χ2v) is 4.06. The first-order chi connectivity index (χ1) is 8.19. The Morgan fingerprint density at radius 3 is 3.06 bits per heavy atom. The van der Waals surface area contributed by atoms with Crippen molar-refractivity contribution in [2.24, 2.45) is 0 Å². The highest BCUT2D eigenvalue weighted by Crippen LogP contribution is 2.09. The van der Waals surface area contributed by atoms with Crippen LogP contribution in [0.25, 0.3) is 0 Å². The van der Waals surface area contributed by atoms with Gasteiger partial charge in [0.05, 0.1) is 0 Å². The number of hydrogen-bond donors (Lipinski definition) is 3. The number of H-pyrrole nitrogens is 1. The van der Waals surface area contributed by atoms with Crippen molar-refractivity contribution in [2.45, 2.75) is 32.2 Å². The maximum absolute atomic E-state index is 11.6. The lowest BCUT2D eigenvalue weighted by Crippen LogP contribution is -2.44. The highest BCUT2D eigenvalue weighted by Gasteiger charge is 2.22. The fraction of sp³-hybridized carbons (Fsp3) is 0.545.